The second kappa shape index (κ2) is 9.47. The normalized spacial score (nSPS) is 12.1. The number of carboxylic acids is 1. The number of thioether (sulfide) groups is 1. The minimum Gasteiger partial charge on any atom is -0.480 e. The summed E-state index contributed by atoms with van der Waals surface area (Å²) in [5.41, 5.74) is 0. The lowest BCUT2D eigenvalue weighted by atomic mass is 10.1. The van der Waals surface area contributed by atoms with Gasteiger partial charge in [0.05, 0.1) is 0 Å². The van der Waals surface area contributed by atoms with E-state index in [1.807, 2.05) is 6.26 Å². The molecule has 6 heteroatoms. The highest BCUT2D eigenvalue weighted by Gasteiger charge is 2.18. The Bertz CT molecular complexity index is 223. The Labute approximate surface area is 99.9 Å². The lowest BCUT2D eigenvalue weighted by Crippen LogP contribution is -2.41. The van der Waals surface area contributed by atoms with Gasteiger partial charge in [0.1, 0.15) is 6.04 Å². The fraction of sp³-hybridized carbons (Fsp3) is 0.800. The summed E-state index contributed by atoms with van der Waals surface area (Å²) in [6, 6.07) is -0.801. The van der Waals surface area contributed by atoms with E-state index in [4.69, 9.17) is 9.84 Å². The summed E-state index contributed by atoms with van der Waals surface area (Å²) in [4.78, 5) is 22.2. The van der Waals surface area contributed by atoms with Crippen molar-refractivity contribution in [2.75, 3.05) is 25.7 Å². The molecule has 0 saturated heterocycles. The van der Waals surface area contributed by atoms with Gasteiger partial charge in [0.25, 0.3) is 0 Å². The molecule has 1 unspecified atom stereocenters. The first-order chi connectivity index (χ1) is 7.61. The number of hydrogen-bond acceptors (Lipinski definition) is 4. The summed E-state index contributed by atoms with van der Waals surface area (Å²) in [6.07, 6.45) is 3.28. The van der Waals surface area contributed by atoms with Crippen LogP contribution in [0, 0.1) is 0 Å². The van der Waals surface area contributed by atoms with E-state index in [0.717, 1.165) is 0 Å². The van der Waals surface area contributed by atoms with E-state index >= 15 is 0 Å². The molecule has 0 fully saturated rings. The fourth-order valence-corrected chi connectivity index (χ4v) is 1.54. The van der Waals surface area contributed by atoms with Gasteiger partial charge in [-0.3, -0.25) is 4.79 Å². The molecule has 2 N–H and O–H groups in total. The standard InChI is InChI=1S/C10H19NO4S/c1-15-6-3-4-8(10(13)14)11-9(12)5-7-16-2/h8H,3-7H2,1-2H3,(H,11,12)(H,13,14). The number of carbonyl (C=O) groups excluding carboxylic acids is 1. The Kier molecular flexibility index (Phi) is 9.03. The van der Waals surface area contributed by atoms with Crippen LogP contribution in [0.15, 0.2) is 0 Å². The van der Waals surface area contributed by atoms with Crippen molar-refractivity contribution in [3.05, 3.63) is 0 Å². The molecular formula is C10H19NO4S. The van der Waals surface area contributed by atoms with Crippen molar-refractivity contribution < 1.29 is 19.4 Å². The van der Waals surface area contributed by atoms with Gasteiger partial charge in [-0.05, 0) is 19.1 Å². The third kappa shape index (κ3) is 7.53. The predicted octanol–water partition coefficient (Wildman–Crippen LogP) is 0.735. The zero-order valence-corrected chi connectivity index (χ0v) is 10.5. The summed E-state index contributed by atoms with van der Waals surface area (Å²) < 4.78 is 4.83. The maximum Gasteiger partial charge on any atom is 0.326 e. The number of aliphatic carboxylic acids is 1. The lowest BCUT2D eigenvalue weighted by molar-refractivity contribution is -0.142. The monoisotopic (exact) mass is 249 g/mol. The average Bonchev–Trinajstić information content (AvgIpc) is 2.25. The van der Waals surface area contributed by atoms with E-state index < -0.39 is 12.0 Å². The number of ether oxygens (including phenoxy) is 1. The van der Waals surface area contributed by atoms with E-state index in [9.17, 15) is 9.59 Å². The SMILES string of the molecule is COCCCC(NC(=O)CCSC)C(=O)O. The Morgan fingerprint density at radius 3 is 2.69 bits per heavy atom. The molecule has 0 aliphatic carbocycles. The maximum atomic E-state index is 11.3. The van der Waals surface area contributed by atoms with Gasteiger partial charge in [0.15, 0.2) is 0 Å². The van der Waals surface area contributed by atoms with Crippen molar-refractivity contribution >= 4 is 23.6 Å². The molecule has 1 amide bonds. The van der Waals surface area contributed by atoms with Crippen LogP contribution in [0.3, 0.4) is 0 Å². The van der Waals surface area contributed by atoms with Crippen LogP contribution in [0.2, 0.25) is 0 Å². The zero-order valence-electron chi connectivity index (χ0n) is 9.69. The maximum absolute atomic E-state index is 11.3. The van der Waals surface area contributed by atoms with Crippen molar-refractivity contribution in [2.45, 2.75) is 25.3 Å². The summed E-state index contributed by atoms with van der Waals surface area (Å²) in [6.45, 7) is 0.504. The molecule has 94 valence electrons. The number of amides is 1. The molecule has 0 spiro atoms. The first-order valence-electron chi connectivity index (χ1n) is 5.11. The predicted molar refractivity (Wildman–Crippen MR) is 63.7 cm³/mol. The zero-order chi connectivity index (χ0) is 12.4. The van der Waals surface area contributed by atoms with Gasteiger partial charge < -0.3 is 15.2 Å². The minimum atomic E-state index is -0.992. The van der Waals surface area contributed by atoms with Crippen molar-refractivity contribution in [1.82, 2.24) is 5.32 Å². The van der Waals surface area contributed by atoms with E-state index in [0.29, 0.717) is 31.6 Å². The molecule has 5 nitrogen and oxygen atoms in total. The Balaban J connectivity index is 3.92. The van der Waals surface area contributed by atoms with Crippen molar-refractivity contribution in [3.63, 3.8) is 0 Å². The molecule has 0 rings (SSSR count). The lowest BCUT2D eigenvalue weighted by Gasteiger charge is -2.13. The van der Waals surface area contributed by atoms with Crippen LogP contribution in [0.1, 0.15) is 19.3 Å². The smallest absolute Gasteiger partial charge is 0.326 e. The molecule has 0 aromatic heterocycles. The van der Waals surface area contributed by atoms with Crippen LogP contribution < -0.4 is 5.32 Å². The number of rotatable bonds is 9. The summed E-state index contributed by atoms with van der Waals surface area (Å²) >= 11 is 1.56. The molecule has 0 aliphatic rings. The van der Waals surface area contributed by atoms with Gasteiger partial charge in [-0.15, -0.1) is 0 Å². The molecule has 16 heavy (non-hydrogen) atoms. The fourth-order valence-electron chi connectivity index (χ4n) is 1.15. The van der Waals surface area contributed by atoms with E-state index in [1.165, 1.54) is 0 Å². The second-order valence-electron chi connectivity index (χ2n) is 3.34. The molecule has 0 heterocycles. The first-order valence-corrected chi connectivity index (χ1v) is 6.51. The van der Waals surface area contributed by atoms with Gasteiger partial charge in [0, 0.05) is 25.9 Å². The Hall–Kier alpha value is -0.750. The van der Waals surface area contributed by atoms with Gasteiger partial charge in [-0.2, -0.15) is 11.8 Å². The highest BCUT2D eigenvalue weighted by Crippen LogP contribution is 2.00. The highest BCUT2D eigenvalue weighted by atomic mass is 32.2. The molecular weight excluding hydrogens is 230 g/mol. The van der Waals surface area contributed by atoms with E-state index in [-0.39, 0.29) is 5.91 Å². The topological polar surface area (TPSA) is 75.6 Å². The third-order valence-electron chi connectivity index (χ3n) is 2.01. The summed E-state index contributed by atoms with van der Waals surface area (Å²) in [7, 11) is 1.56. The van der Waals surface area contributed by atoms with Crippen LogP contribution in [0.25, 0.3) is 0 Å². The summed E-state index contributed by atoms with van der Waals surface area (Å²) in [5, 5.41) is 11.4. The number of carbonyl (C=O) groups is 2. The molecule has 0 radical (unpaired) electrons. The van der Waals surface area contributed by atoms with Crippen molar-refractivity contribution in [2.24, 2.45) is 0 Å². The van der Waals surface area contributed by atoms with Crippen LogP contribution in [0.4, 0.5) is 0 Å². The number of hydrogen-bond donors (Lipinski definition) is 2. The van der Waals surface area contributed by atoms with E-state index in [1.54, 1.807) is 18.9 Å². The van der Waals surface area contributed by atoms with E-state index in [2.05, 4.69) is 5.32 Å². The summed E-state index contributed by atoms with van der Waals surface area (Å²) in [5.74, 6) is -0.497. The van der Waals surface area contributed by atoms with Gasteiger partial charge in [-0.25, -0.2) is 4.79 Å². The molecule has 0 bridgehead atoms. The molecule has 0 aromatic carbocycles. The van der Waals surface area contributed by atoms with Gasteiger partial charge >= 0.3 is 5.97 Å². The van der Waals surface area contributed by atoms with Crippen molar-refractivity contribution in [1.29, 1.82) is 0 Å². The average molecular weight is 249 g/mol. The van der Waals surface area contributed by atoms with Gasteiger partial charge in [-0.1, -0.05) is 0 Å². The molecule has 0 aliphatic heterocycles. The number of nitrogens with one attached hydrogen (secondary N) is 1. The first kappa shape index (κ1) is 15.2. The number of methoxy groups -OCH3 is 1. The van der Waals surface area contributed by atoms with Crippen LogP contribution >= 0.6 is 11.8 Å². The largest absolute Gasteiger partial charge is 0.480 e. The van der Waals surface area contributed by atoms with Crippen LogP contribution in [-0.4, -0.2) is 48.8 Å². The molecule has 0 aromatic rings. The van der Waals surface area contributed by atoms with Crippen molar-refractivity contribution in [3.8, 4) is 0 Å². The minimum absolute atomic E-state index is 0.209. The Morgan fingerprint density at radius 2 is 2.19 bits per heavy atom. The highest BCUT2D eigenvalue weighted by molar-refractivity contribution is 7.98. The van der Waals surface area contributed by atoms with Crippen LogP contribution in [0.5, 0.6) is 0 Å². The van der Waals surface area contributed by atoms with Gasteiger partial charge in [0.2, 0.25) is 5.91 Å². The third-order valence-corrected chi connectivity index (χ3v) is 2.62. The molecule has 1 atom stereocenters. The Morgan fingerprint density at radius 1 is 1.50 bits per heavy atom. The molecule has 0 saturated carbocycles. The quantitative estimate of drug-likeness (QED) is 0.589. The van der Waals surface area contributed by atoms with Crippen LogP contribution in [-0.2, 0) is 14.3 Å². The second-order valence-corrected chi connectivity index (χ2v) is 4.32. The number of carboxylic acid groups (broad SMARTS) is 1.